The summed E-state index contributed by atoms with van der Waals surface area (Å²) in [4.78, 5) is 44.9. The van der Waals surface area contributed by atoms with Gasteiger partial charge in [-0.2, -0.15) is 0 Å². The van der Waals surface area contributed by atoms with Crippen LogP contribution in [0.3, 0.4) is 0 Å². The van der Waals surface area contributed by atoms with Crippen LogP contribution < -0.4 is 0 Å². The first kappa shape index (κ1) is 34.6. The van der Waals surface area contributed by atoms with E-state index < -0.39 is 11.9 Å². The van der Waals surface area contributed by atoms with Crippen LogP contribution in [0.2, 0.25) is 0 Å². The molecule has 0 N–H and O–H groups in total. The third-order valence-electron chi connectivity index (χ3n) is 8.86. The van der Waals surface area contributed by atoms with Crippen LogP contribution in [0.5, 0.6) is 0 Å². The Labute approximate surface area is 321 Å². The number of imidazole rings is 2. The average molecular weight is 835 g/mol. The van der Waals surface area contributed by atoms with Gasteiger partial charge in [-0.25, -0.2) is 19.6 Å². The van der Waals surface area contributed by atoms with Gasteiger partial charge in [0.15, 0.2) is 11.4 Å². The SMILES string of the molecule is O=C(OCCOCCOC(=O)c1ncn2c1CN=C(c1ccccc1)c1cc(Br)ccc1-2)c1ncn2c1CN=C(c1ccccc1)c1cc(Br)ccc1-2. The van der Waals surface area contributed by atoms with Crippen molar-refractivity contribution in [1.82, 2.24) is 19.1 Å². The molecule has 13 heteroatoms. The van der Waals surface area contributed by atoms with Crippen molar-refractivity contribution in [2.75, 3.05) is 26.4 Å². The number of carbonyl (C=O) groups excluding carboxylic acids is 2. The molecule has 2 aliphatic rings. The molecule has 2 aromatic heterocycles. The van der Waals surface area contributed by atoms with Gasteiger partial charge in [0.25, 0.3) is 0 Å². The molecule has 0 atom stereocenters. The second kappa shape index (κ2) is 15.2. The predicted molar refractivity (Wildman–Crippen MR) is 205 cm³/mol. The topological polar surface area (TPSA) is 122 Å². The van der Waals surface area contributed by atoms with Crippen molar-refractivity contribution in [3.05, 3.63) is 164 Å². The fourth-order valence-corrected chi connectivity index (χ4v) is 7.13. The number of esters is 2. The van der Waals surface area contributed by atoms with Crippen molar-refractivity contribution in [3.63, 3.8) is 0 Å². The van der Waals surface area contributed by atoms with E-state index in [0.717, 1.165) is 54.0 Å². The molecule has 0 saturated carbocycles. The Kier molecular flexibility index (Phi) is 9.94. The van der Waals surface area contributed by atoms with Crippen molar-refractivity contribution in [1.29, 1.82) is 0 Å². The molecule has 264 valence electrons. The highest BCUT2D eigenvalue weighted by atomic mass is 79.9. The highest BCUT2D eigenvalue weighted by Gasteiger charge is 2.27. The number of halogens is 2. The number of hydrogen-bond donors (Lipinski definition) is 0. The summed E-state index contributed by atoms with van der Waals surface area (Å²) in [5, 5.41) is 0. The highest BCUT2D eigenvalue weighted by molar-refractivity contribution is 9.10. The molecule has 6 aromatic rings. The molecule has 0 aliphatic carbocycles. The normalized spacial score (nSPS) is 12.9. The van der Waals surface area contributed by atoms with Crippen molar-refractivity contribution in [2.45, 2.75) is 13.1 Å². The molecule has 4 heterocycles. The summed E-state index contributed by atoms with van der Waals surface area (Å²) in [6.07, 6.45) is 3.25. The van der Waals surface area contributed by atoms with Gasteiger partial charge in [-0.05, 0) is 36.4 Å². The van der Waals surface area contributed by atoms with Gasteiger partial charge in [0.1, 0.15) is 25.9 Å². The van der Waals surface area contributed by atoms with E-state index in [9.17, 15) is 9.59 Å². The first-order chi connectivity index (χ1) is 26.0. The largest absolute Gasteiger partial charge is 0.458 e. The van der Waals surface area contributed by atoms with E-state index in [4.69, 9.17) is 24.2 Å². The van der Waals surface area contributed by atoms with E-state index >= 15 is 0 Å². The Bertz CT molecular complexity index is 2240. The lowest BCUT2D eigenvalue weighted by Crippen LogP contribution is -2.16. The van der Waals surface area contributed by atoms with Crippen LogP contribution in [0.25, 0.3) is 11.4 Å². The van der Waals surface area contributed by atoms with Gasteiger partial charge in [0.05, 0.1) is 60.5 Å². The van der Waals surface area contributed by atoms with E-state index in [1.54, 1.807) is 12.7 Å². The molecule has 0 bridgehead atoms. The zero-order valence-corrected chi connectivity index (χ0v) is 31.3. The fraction of sp³-hybridized carbons (Fsp3) is 0.150. The van der Waals surface area contributed by atoms with Crippen LogP contribution in [0, 0.1) is 0 Å². The summed E-state index contributed by atoms with van der Waals surface area (Å²) >= 11 is 7.17. The molecule has 0 saturated heterocycles. The summed E-state index contributed by atoms with van der Waals surface area (Å²) in [6, 6.07) is 31.7. The quantitative estimate of drug-likeness (QED) is 0.105. The van der Waals surface area contributed by atoms with Crippen molar-refractivity contribution < 1.29 is 23.8 Å². The van der Waals surface area contributed by atoms with Gasteiger partial charge in [0.2, 0.25) is 0 Å². The van der Waals surface area contributed by atoms with Gasteiger partial charge in [-0.3, -0.25) is 19.1 Å². The molecule has 2 aliphatic heterocycles. The molecule has 0 unspecified atom stereocenters. The van der Waals surface area contributed by atoms with E-state index in [-0.39, 0.29) is 50.9 Å². The number of rotatable bonds is 10. The second-order valence-electron chi connectivity index (χ2n) is 12.1. The van der Waals surface area contributed by atoms with Gasteiger partial charge in [-0.1, -0.05) is 92.5 Å². The van der Waals surface area contributed by atoms with Gasteiger partial charge in [0, 0.05) is 31.2 Å². The zero-order chi connectivity index (χ0) is 36.3. The van der Waals surface area contributed by atoms with Gasteiger partial charge in [-0.15, -0.1) is 0 Å². The van der Waals surface area contributed by atoms with Crippen LogP contribution >= 0.6 is 31.9 Å². The smallest absolute Gasteiger partial charge is 0.358 e. The first-order valence-corrected chi connectivity index (χ1v) is 18.4. The fourth-order valence-electron chi connectivity index (χ4n) is 6.41. The molecular formula is C40H30Br2N6O5. The van der Waals surface area contributed by atoms with Crippen molar-refractivity contribution in [2.24, 2.45) is 9.98 Å². The highest BCUT2D eigenvalue weighted by Crippen LogP contribution is 2.31. The summed E-state index contributed by atoms with van der Waals surface area (Å²) in [7, 11) is 0. The number of benzene rings is 4. The first-order valence-electron chi connectivity index (χ1n) is 16.8. The molecule has 0 amide bonds. The molecule has 0 radical (unpaired) electrons. The van der Waals surface area contributed by atoms with Gasteiger partial charge >= 0.3 is 11.9 Å². The number of ether oxygens (including phenoxy) is 3. The Hall–Kier alpha value is -5.50. The minimum atomic E-state index is -0.571. The summed E-state index contributed by atoms with van der Waals surface area (Å²) in [6.45, 7) is 0.687. The Morgan fingerprint density at radius 2 is 1.02 bits per heavy atom. The monoisotopic (exact) mass is 832 g/mol. The molecule has 53 heavy (non-hydrogen) atoms. The Balaban J connectivity index is 0.865. The third kappa shape index (κ3) is 7.02. The maximum atomic E-state index is 13.2. The number of nitrogens with zero attached hydrogens (tertiary/aromatic N) is 6. The van der Waals surface area contributed by atoms with Gasteiger partial charge < -0.3 is 14.2 Å². The standard InChI is InChI=1S/C40H30Br2N6O5/c41-27-11-13-31-29(19-27)35(25-7-3-1-4-8-25)43-21-33-37(45-23-47(31)33)39(49)52-17-15-51-16-18-53-40(50)38-34-22-44-36(26-9-5-2-6-10-26)30-20-28(42)12-14-32(30)48(34)24-46-38/h1-14,19-20,23-24H,15-18,21-22H2. The second-order valence-corrected chi connectivity index (χ2v) is 13.9. The van der Waals surface area contributed by atoms with Crippen molar-refractivity contribution in [3.8, 4) is 11.4 Å². The van der Waals surface area contributed by atoms with Crippen LogP contribution in [0.15, 0.2) is 129 Å². The van der Waals surface area contributed by atoms with Crippen LogP contribution in [-0.4, -0.2) is 68.9 Å². The number of hydrogen-bond acceptors (Lipinski definition) is 9. The number of aliphatic imine (C=N–C) groups is 2. The Morgan fingerprint density at radius 1 is 0.585 bits per heavy atom. The minimum Gasteiger partial charge on any atom is -0.458 e. The maximum absolute atomic E-state index is 13.2. The number of aromatic nitrogens is 4. The van der Waals surface area contributed by atoms with Crippen LogP contribution in [0.1, 0.15) is 54.6 Å². The third-order valence-corrected chi connectivity index (χ3v) is 9.84. The Morgan fingerprint density at radius 3 is 1.45 bits per heavy atom. The van der Waals surface area contributed by atoms with E-state index in [0.29, 0.717) is 11.4 Å². The van der Waals surface area contributed by atoms with E-state index in [1.165, 1.54) is 0 Å². The van der Waals surface area contributed by atoms with Crippen molar-refractivity contribution >= 4 is 55.2 Å². The predicted octanol–water partition coefficient (Wildman–Crippen LogP) is 7.32. The number of fused-ring (bicyclic) bond motifs is 6. The summed E-state index contributed by atoms with van der Waals surface area (Å²) < 4.78 is 22.3. The summed E-state index contributed by atoms with van der Waals surface area (Å²) in [5.41, 5.74) is 8.82. The maximum Gasteiger partial charge on any atom is 0.358 e. The van der Waals surface area contributed by atoms with E-state index in [2.05, 4.69) is 41.8 Å². The molecule has 11 nitrogen and oxygen atoms in total. The van der Waals surface area contributed by atoms with Crippen LogP contribution in [0.4, 0.5) is 0 Å². The zero-order valence-electron chi connectivity index (χ0n) is 28.1. The average Bonchev–Trinajstić information content (AvgIpc) is 3.72. The summed E-state index contributed by atoms with van der Waals surface area (Å²) in [5.74, 6) is -1.14. The van der Waals surface area contributed by atoms with E-state index in [1.807, 2.05) is 106 Å². The molecular weight excluding hydrogens is 804 g/mol. The molecule has 0 fully saturated rings. The lowest BCUT2D eigenvalue weighted by Gasteiger charge is -2.12. The molecule has 4 aromatic carbocycles. The molecule has 0 spiro atoms. The minimum absolute atomic E-state index is 0.00697. The van der Waals surface area contributed by atoms with Crippen LogP contribution in [-0.2, 0) is 27.3 Å². The number of carbonyl (C=O) groups is 2. The molecule has 8 rings (SSSR count). The lowest BCUT2D eigenvalue weighted by molar-refractivity contribution is 0.0145. The lowest BCUT2D eigenvalue weighted by atomic mass is 10.0.